The highest BCUT2D eigenvalue weighted by Gasteiger charge is 1.90. The lowest BCUT2D eigenvalue weighted by atomic mass is 10.4. The summed E-state index contributed by atoms with van der Waals surface area (Å²) in [5, 5.41) is 6.63. The first-order valence-electron chi connectivity index (χ1n) is 2.26. The minimum absolute atomic E-state index is 0.155. The van der Waals surface area contributed by atoms with Crippen molar-refractivity contribution in [3.05, 3.63) is 11.8 Å². The number of methoxy groups -OCH3 is 1. The summed E-state index contributed by atoms with van der Waals surface area (Å²) in [7, 11) is 1.36. The first-order valence-corrected chi connectivity index (χ1v) is 2.26. The molecule has 9 heavy (non-hydrogen) atoms. The molecule has 0 aromatic carbocycles. The summed E-state index contributed by atoms with van der Waals surface area (Å²) in [4.78, 5) is 10.1. The molecular formula is C5H8N2O2. The Morgan fingerprint density at radius 2 is 2.33 bits per heavy atom. The molecule has 0 aromatic rings. The molecule has 0 aliphatic rings. The van der Waals surface area contributed by atoms with Crippen molar-refractivity contribution in [1.82, 2.24) is 0 Å². The lowest BCUT2D eigenvalue weighted by Gasteiger charge is -1.93. The second kappa shape index (κ2) is 3.65. The number of nitrogens with two attached hydrogens (primary N) is 1. The number of hydrogen-bond acceptors (Lipinski definition) is 3. The topological polar surface area (TPSA) is 76.2 Å². The minimum atomic E-state index is -0.615. The third kappa shape index (κ3) is 3.28. The van der Waals surface area contributed by atoms with E-state index in [2.05, 4.69) is 4.74 Å². The van der Waals surface area contributed by atoms with Crippen molar-refractivity contribution in [1.29, 1.82) is 5.41 Å². The molecule has 0 rings (SSSR count). The number of carbonyl (C=O) groups excluding carboxylic acids is 1. The average molecular weight is 128 g/mol. The SMILES string of the molecule is COC(C=N)=CC(N)=O. The van der Waals surface area contributed by atoms with E-state index < -0.39 is 5.91 Å². The summed E-state index contributed by atoms with van der Waals surface area (Å²) >= 11 is 0. The van der Waals surface area contributed by atoms with Crippen LogP contribution in [-0.2, 0) is 9.53 Å². The number of primary amides is 1. The van der Waals surface area contributed by atoms with Gasteiger partial charge in [0.25, 0.3) is 0 Å². The molecule has 0 aromatic heterocycles. The first-order chi connectivity index (χ1) is 4.20. The van der Waals surface area contributed by atoms with E-state index in [1.807, 2.05) is 0 Å². The van der Waals surface area contributed by atoms with Crippen LogP contribution >= 0.6 is 0 Å². The third-order valence-electron chi connectivity index (χ3n) is 0.662. The standard InChI is InChI=1S/C5H8N2O2/c1-9-4(3-6)2-5(7)8/h2-3,6H,1H3,(H2,7,8). The molecule has 50 valence electrons. The van der Waals surface area contributed by atoms with Gasteiger partial charge in [0, 0.05) is 6.08 Å². The molecule has 0 fully saturated rings. The number of amides is 1. The summed E-state index contributed by atoms with van der Waals surface area (Å²) in [6, 6.07) is 0. The molecule has 0 aliphatic carbocycles. The van der Waals surface area contributed by atoms with Crippen LogP contribution in [-0.4, -0.2) is 19.2 Å². The molecule has 3 N–H and O–H groups in total. The highest BCUT2D eigenvalue weighted by molar-refractivity contribution is 5.91. The van der Waals surface area contributed by atoms with Gasteiger partial charge in [0.2, 0.25) is 5.91 Å². The largest absolute Gasteiger partial charge is 0.495 e. The average Bonchev–Trinajstić information content (AvgIpc) is 1.82. The van der Waals surface area contributed by atoms with E-state index >= 15 is 0 Å². The van der Waals surface area contributed by atoms with Crippen LogP contribution in [0.2, 0.25) is 0 Å². The van der Waals surface area contributed by atoms with Crippen molar-refractivity contribution in [2.45, 2.75) is 0 Å². The second-order valence-electron chi connectivity index (χ2n) is 1.30. The van der Waals surface area contributed by atoms with E-state index in [1.54, 1.807) is 0 Å². The number of nitrogens with one attached hydrogen (secondary N) is 1. The van der Waals surface area contributed by atoms with Crippen molar-refractivity contribution in [2.24, 2.45) is 5.73 Å². The van der Waals surface area contributed by atoms with Gasteiger partial charge in [-0.3, -0.25) is 4.79 Å². The van der Waals surface area contributed by atoms with Gasteiger partial charge in [0.05, 0.1) is 13.3 Å². The van der Waals surface area contributed by atoms with Gasteiger partial charge in [0.15, 0.2) is 0 Å². The zero-order chi connectivity index (χ0) is 7.28. The Kier molecular flexibility index (Phi) is 3.12. The predicted octanol–water partition coefficient (Wildman–Crippen LogP) is -0.348. The van der Waals surface area contributed by atoms with Crippen molar-refractivity contribution in [2.75, 3.05) is 7.11 Å². The van der Waals surface area contributed by atoms with Crippen LogP contribution in [0.4, 0.5) is 0 Å². The summed E-state index contributed by atoms with van der Waals surface area (Å²) in [5.74, 6) is -0.460. The highest BCUT2D eigenvalue weighted by atomic mass is 16.5. The van der Waals surface area contributed by atoms with Gasteiger partial charge in [0.1, 0.15) is 5.76 Å². The van der Waals surface area contributed by atoms with Gasteiger partial charge in [-0.05, 0) is 0 Å². The molecule has 0 atom stereocenters. The fourth-order valence-corrected chi connectivity index (χ4v) is 0.300. The molecule has 4 nitrogen and oxygen atoms in total. The normalized spacial score (nSPS) is 10.6. The predicted molar refractivity (Wildman–Crippen MR) is 33.1 cm³/mol. The monoisotopic (exact) mass is 128 g/mol. The Morgan fingerprint density at radius 3 is 2.44 bits per heavy atom. The van der Waals surface area contributed by atoms with Crippen molar-refractivity contribution in [3.63, 3.8) is 0 Å². The molecule has 0 unspecified atom stereocenters. The number of hydrogen-bond donors (Lipinski definition) is 2. The lowest BCUT2D eigenvalue weighted by molar-refractivity contribution is -0.113. The highest BCUT2D eigenvalue weighted by Crippen LogP contribution is 1.86. The number of rotatable bonds is 3. The molecule has 0 saturated carbocycles. The lowest BCUT2D eigenvalue weighted by Crippen LogP contribution is -2.08. The van der Waals surface area contributed by atoms with E-state index in [0.29, 0.717) is 0 Å². The molecule has 0 saturated heterocycles. The smallest absolute Gasteiger partial charge is 0.245 e. The first kappa shape index (κ1) is 7.68. The third-order valence-corrected chi connectivity index (χ3v) is 0.662. The number of allylic oxidation sites excluding steroid dienone is 1. The van der Waals surface area contributed by atoms with Gasteiger partial charge in [-0.1, -0.05) is 0 Å². The quantitative estimate of drug-likeness (QED) is 0.309. The van der Waals surface area contributed by atoms with E-state index in [4.69, 9.17) is 11.1 Å². The molecule has 0 radical (unpaired) electrons. The maximum Gasteiger partial charge on any atom is 0.245 e. The van der Waals surface area contributed by atoms with Gasteiger partial charge in [-0.2, -0.15) is 0 Å². The van der Waals surface area contributed by atoms with E-state index in [0.717, 1.165) is 12.3 Å². The maximum atomic E-state index is 10.1. The van der Waals surface area contributed by atoms with Gasteiger partial charge < -0.3 is 15.9 Å². The number of carbonyl (C=O) groups is 1. The number of ether oxygens (including phenoxy) is 1. The molecule has 0 aliphatic heterocycles. The zero-order valence-electron chi connectivity index (χ0n) is 5.05. The van der Waals surface area contributed by atoms with Crippen LogP contribution < -0.4 is 5.73 Å². The van der Waals surface area contributed by atoms with Crippen LogP contribution in [0.15, 0.2) is 11.8 Å². The fourth-order valence-electron chi connectivity index (χ4n) is 0.300. The Bertz CT molecular complexity index is 151. The van der Waals surface area contributed by atoms with Crippen LogP contribution in [0.1, 0.15) is 0 Å². The Balaban J connectivity index is 4.07. The van der Waals surface area contributed by atoms with E-state index in [-0.39, 0.29) is 5.76 Å². The van der Waals surface area contributed by atoms with Crippen LogP contribution in [0.5, 0.6) is 0 Å². The molecule has 0 spiro atoms. The van der Waals surface area contributed by atoms with Crippen LogP contribution in [0.25, 0.3) is 0 Å². The van der Waals surface area contributed by atoms with Crippen molar-refractivity contribution >= 4 is 12.1 Å². The molecule has 1 amide bonds. The second-order valence-corrected chi connectivity index (χ2v) is 1.30. The van der Waals surface area contributed by atoms with E-state index in [9.17, 15) is 4.79 Å². The minimum Gasteiger partial charge on any atom is -0.495 e. The van der Waals surface area contributed by atoms with Crippen molar-refractivity contribution < 1.29 is 9.53 Å². The molecule has 0 heterocycles. The summed E-state index contributed by atoms with van der Waals surface area (Å²) < 4.78 is 4.53. The van der Waals surface area contributed by atoms with Gasteiger partial charge in [-0.25, -0.2) is 0 Å². The maximum absolute atomic E-state index is 10.1. The molecular weight excluding hydrogens is 120 g/mol. The Hall–Kier alpha value is -1.32. The Labute approximate surface area is 52.8 Å². The van der Waals surface area contributed by atoms with Gasteiger partial charge >= 0.3 is 0 Å². The van der Waals surface area contributed by atoms with Crippen molar-refractivity contribution in [3.8, 4) is 0 Å². The summed E-state index contributed by atoms with van der Waals surface area (Å²) in [6.07, 6.45) is 1.94. The van der Waals surface area contributed by atoms with Crippen LogP contribution in [0.3, 0.4) is 0 Å². The van der Waals surface area contributed by atoms with E-state index in [1.165, 1.54) is 7.11 Å². The summed E-state index contributed by atoms with van der Waals surface area (Å²) in [5.41, 5.74) is 4.75. The molecule has 0 bridgehead atoms. The summed E-state index contributed by atoms with van der Waals surface area (Å²) in [6.45, 7) is 0. The Morgan fingerprint density at radius 1 is 1.78 bits per heavy atom. The fraction of sp³-hybridized carbons (Fsp3) is 0.200. The van der Waals surface area contributed by atoms with Gasteiger partial charge in [-0.15, -0.1) is 0 Å². The zero-order valence-corrected chi connectivity index (χ0v) is 5.05. The van der Waals surface area contributed by atoms with Crippen LogP contribution in [0, 0.1) is 5.41 Å². The molecule has 4 heteroatoms.